The molecule has 3 aromatic rings. The summed E-state index contributed by atoms with van der Waals surface area (Å²) in [5, 5.41) is 0. The number of carbonyl (C=O) groups is 1. The van der Waals surface area contributed by atoms with E-state index in [2.05, 4.69) is 11.1 Å². The summed E-state index contributed by atoms with van der Waals surface area (Å²) in [7, 11) is 0. The molecule has 0 unspecified atom stereocenters. The van der Waals surface area contributed by atoms with Gasteiger partial charge in [-0.15, -0.1) is 0 Å². The number of oxazole rings is 1. The number of aryl methyl sites for hydroxylation is 1. The average molecular weight is 421 g/mol. The van der Waals surface area contributed by atoms with Crippen molar-refractivity contribution in [1.82, 2.24) is 9.88 Å². The zero-order valence-corrected chi connectivity index (χ0v) is 18.1. The Morgan fingerprint density at radius 2 is 1.77 bits per heavy atom. The van der Waals surface area contributed by atoms with Gasteiger partial charge < -0.3 is 18.8 Å². The lowest BCUT2D eigenvalue weighted by Crippen LogP contribution is -2.36. The maximum Gasteiger partial charge on any atom is 0.223 e. The van der Waals surface area contributed by atoms with Crippen LogP contribution in [0.1, 0.15) is 37.3 Å². The monoisotopic (exact) mass is 420 g/mol. The summed E-state index contributed by atoms with van der Waals surface area (Å²) < 4.78 is 17.3. The molecule has 0 spiro atoms. The number of fused-ring (bicyclic) bond motifs is 1. The van der Waals surface area contributed by atoms with Crippen LogP contribution in [0, 0.1) is 0 Å². The molecule has 0 N–H and O–H groups in total. The summed E-state index contributed by atoms with van der Waals surface area (Å²) in [5.74, 6) is 2.94. The Hall–Kier alpha value is -3.28. The highest BCUT2D eigenvalue weighted by atomic mass is 16.5. The second kappa shape index (κ2) is 9.69. The van der Waals surface area contributed by atoms with Crippen molar-refractivity contribution in [3.8, 4) is 22.8 Å². The number of ether oxygens (including phenoxy) is 2. The fraction of sp³-hybridized carbons (Fsp3) is 0.360. The zero-order valence-electron chi connectivity index (χ0n) is 18.1. The molecule has 2 aromatic carbocycles. The van der Waals surface area contributed by atoms with Crippen LogP contribution in [0.2, 0.25) is 0 Å². The molecule has 1 amide bonds. The third-order valence-corrected chi connectivity index (χ3v) is 5.40. The van der Waals surface area contributed by atoms with E-state index in [9.17, 15) is 4.79 Å². The molecule has 0 fully saturated rings. The third kappa shape index (κ3) is 4.90. The molecule has 0 saturated carbocycles. The molecule has 1 aliphatic heterocycles. The summed E-state index contributed by atoms with van der Waals surface area (Å²) in [6, 6.07) is 13.9. The van der Waals surface area contributed by atoms with Crippen LogP contribution in [0.4, 0.5) is 0 Å². The van der Waals surface area contributed by atoms with Crippen LogP contribution in [-0.4, -0.2) is 35.5 Å². The molecule has 1 aliphatic rings. The molecule has 6 heteroatoms. The SMILES string of the molecule is CCOc1cc2c(cc1OCC)CN(C(=O)CCc1ncc(-c3ccccc3)o1)CC2. The van der Waals surface area contributed by atoms with Gasteiger partial charge in [0.25, 0.3) is 0 Å². The molecule has 162 valence electrons. The van der Waals surface area contributed by atoms with E-state index in [1.165, 1.54) is 5.56 Å². The van der Waals surface area contributed by atoms with Crippen LogP contribution in [0.15, 0.2) is 53.1 Å². The quantitative estimate of drug-likeness (QED) is 0.530. The van der Waals surface area contributed by atoms with Crippen LogP contribution >= 0.6 is 0 Å². The molecule has 1 aromatic heterocycles. The van der Waals surface area contributed by atoms with Crippen molar-refractivity contribution < 1.29 is 18.7 Å². The van der Waals surface area contributed by atoms with E-state index < -0.39 is 0 Å². The summed E-state index contributed by atoms with van der Waals surface area (Å²) >= 11 is 0. The number of amides is 1. The minimum atomic E-state index is 0.108. The number of nitrogens with zero attached hydrogens (tertiary/aromatic N) is 2. The van der Waals surface area contributed by atoms with Crippen molar-refractivity contribution >= 4 is 5.91 Å². The van der Waals surface area contributed by atoms with E-state index in [0.29, 0.717) is 45.0 Å². The van der Waals surface area contributed by atoms with Gasteiger partial charge in [0.2, 0.25) is 5.91 Å². The van der Waals surface area contributed by atoms with Crippen molar-refractivity contribution in [2.75, 3.05) is 19.8 Å². The maximum atomic E-state index is 12.8. The lowest BCUT2D eigenvalue weighted by molar-refractivity contribution is -0.132. The first-order valence-electron chi connectivity index (χ1n) is 10.9. The van der Waals surface area contributed by atoms with Crippen LogP contribution in [0.5, 0.6) is 11.5 Å². The molecule has 4 rings (SSSR count). The van der Waals surface area contributed by atoms with Gasteiger partial charge in [0, 0.05) is 31.5 Å². The highest BCUT2D eigenvalue weighted by Crippen LogP contribution is 2.34. The molecule has 31 heavy (non-hydrogen) atoms. The molecule has 0 bridgehead atoms. The predicted octanol–water partition coefficient (Wildman–Crippen LogP) is 4.66. The molecule has 6 nitrogen and oxygen atoms in total. The number of benzene rings is 2. The van der Waals surface area contributed by atoms with Crippen molar-refractivity contribution in [2.45, 2.75) is 39.7 Å². The number of carbonyl (C=O) groups excluding carboxylic acids is 1. The van der Waals surface area contributed by atoms with Crippen molar-refractivity contribution in [3.63, 3.8) is 0 Å². The zero-order chi connectivity index (χ0) is 21.6. The van der Waals surface area contributed by atoms with E-state index in [1.807, 2.05) is 55.1 Å². The fourth-order valence-electron chi connectivity index (χ4n) is 3.85. The Morgan fingerprint density at radius 1 is 1.06 bits per heavy atom. The third-order valence-electron chi connectivity index (χ3n) is 5.40. The molecular weight excluding hydrogens is 392 g/mol. The first-order valence-corrected chi connectivity index (χ1v) is 10.9. The van der Waals surface area contributed by atoms with E-state index >= 15 is 0 Å². The lowest BCUT2D eigenvalue weighted by Gasteiger charge is -2.30. The highest BCUT2D eigenvalue weighted by molar-refractivity contribution is 5.76. The number of hydrogen-bond donors (Lipinski definition) is 0. The van der Waals surface area contributed by atoms with Gasteiger partial charge in [0.15, 0.2) is 23.1 Å². The molecular formula is C25H28N2O4. The Labute approximate surface area is 182 Å². The molecule has 2 heterocycles. The van der Waals surface area contributed by atoms with Gasteiger partial charge in [-0.3, -0.25) is 4.79 Å². The molecule has 0 saturated heterocycles. The summed E-state index contributed by atoms with van der Waals surface area (Å²) in [6.45, 7) is 6.37. The number of rotatable bonds is 8. The van der Waals surface area contributed by atoms with Crippen LogP contribution in [0.25, 0.3) is 11.3 Å². The molecule has 0 atom stereocenters. The summed E-state index contributed by atoms with van der Waals surface area (Å²) in [6.07, 6.45) is 3.39. The fourth-order valence-corrected chi connectivity index (χ4v) is 3.85. The average Bonchev–Trinajstić information content (AvgIpc) is 3.27. The largest absolute Gasteiger partial charge is 0.490 e. The molecule has 0 aliphatic carbocycles. The Kier molecular flexibility index (Phi) is 6.55. The predicted molar refractivity (Wildman–Crippen MR) is 118 cm³/mol. The molecule has 0 radical (unpaired) electrons. The maximum absolute atomic E-state index is 12.8. The lowest BCUT2D eigenvalue weighted by atomic mass is 9.98. The Bertz CT molecular complexity index is 1030. The minimum absolute atomic E-state index is 0.108. The van der Waals surface area contributed by atoms with Crippen molar-refractivity contribution in [2.24, 2.45) is 0 Å². The first-order chi connectivity index (χ1) is 15.2. The summed E-state index contributed by atoms with van der Waals surface area (Å²) in [4.78, 5) is 19.1. The topological polar surface area (TPSA) is 64.8 Å². The van der Waals surface area contributed by atoms with Gasteiger partial charge in [-0.2, -0.15) is 0 Å². The smallest absolute Gasteiger partial charge is 0.223 e. The normalized spacial score (nSPS) is 13.0. The first kappa shape index (κ1) is 21.0. The Balaban J connectivity index is 1.39. The van der Waals surface area contributed by atoms with Crippen molar-refractivity contribution in [3.05, 3.63) is 65.7 Å². The van der Waals surface area contributed by atoms with Gasteiger partial charge >= 0.3 is 0 Å². The number of hydrogen-bond acceptors (Lipinski definition) is 5. The number of aromatic nitrogens is 1. The van der Waals surface area contributed by atoms with Crippen LogP contribution in [0.3, 0.4) is 0 Å². The minimum Gasteiger partial charge on any atom is -0.490 e. The van der Waals surface area contributed by atoms with Gasteiger partial charge in [-0.1, -0.05) is 30.3 Å². The second-order valence-electron chi connectivity index (χ2n) is 7.48. The summed E-state index contributed by atoms with van der Waals surface area (Å²) in [5.41, 5.74) is 3.32. The van der Waals surface area contributed by atoms with Gasteiger partial charge in [-0.25, -0.2) is 4.98 Å². The highest BCUT2D eigenvalue weighted by Gasteiger charge is 2.23. The van der Waals surface area contributed by atoms with E-state index in [0.717, 1.165) is 34.8 Å². The van der Waals surface area contributed by atoms with Gasteiger partial charge in [-0.05, 0) is 43.5 Å². The van der Waals surface area contributed by atoms with Gasteiger partial charge in [0.1, 0.15) is 0 Å². The van der Waals surface area contributed by atoms with Crippen molar-refractivity contribution in [1.29, 1.82) is 0 Å². The van der Waals surface area contributed by atoms with Gasteiger partial charge in [0.05, 0.1) is 19.4 Å². The Morgan fingerprint density at radius 3 is 2.48 bits per heavy atom. The van der Waals surface area contributed by atoms with E-state index in [4.69, 9.17) is 13.9 Å². The standard InChI is InChI=1S/C25H28N2O4/c1-3-29-21-14-19-12-13-27(17-20(19)15-22(21)30-4-2)25(28)11-10-24-26-16-23(31-24)18-8-6-5-7-9-18/h5-9,14-16H,3-4,10-13,17H2,1-2H3. The van der Waals surface area contributed by atoms with Crippen LogP contribution in [-0.2, 0) is 24.2 Å². The van der Waals surface area contributed by atoms with Crippen LogP contribution < -0.4 is 9.47 Å². The second-order valence-corrected chi connectivity index (χ2v) is 7.48. The van der Waals surface area contributed by atoms with E-state index in [-0.39, 0.29) is 5.91 Å². The van der Waals surface area contributed by atoms with E-state index in [1.54, 1.807) is 6.20 Å².